The summed E-state index contributed by atoms with van der Waals surface area (Å²) in [5, 5.41) is 7.75. The number of rotatable bonds is 2. The van der Waals surface area contributed by atoms with Gasteiger partial charge in [-0.05, 0) is 49.7 Å². The fraction of sp³-hybridized carbons (Fsp3) is 0.455. The highest BCUT2D eigenvalue weighted by atomic mass is 35.5. The molecular weight excluding hydrogens is 462 g/mol. The molecule has 9 nitrogen and oxygen atoms in total. The SMILES string of the molecule is CNC(=S)N1CCCC[C@H](NC(=O)N2CCN(c3cc(N)nc4cc(Cl)ccc34)CC2)C1=O. The van der Waals surface area contributed by atoms with Crippen LogP contribution in [0.2, 0.25) is 5.02 Å². The third-order valence-electron chi connectivity index (χ3n) is 6.12. The lowest BCUT2D eigenvalue weighted by molar-refractivity contribution is -0.128. The quantitative estimate of drug-likeness (QED) is 0.555. The number of anilines is 2. The predicted octanol–water partition coefficient (Wildman–Crippen LogP) is 2.19. The number of nitrogens with two attached hydrogens (primary N) is 1. The summed E-state index contributed by atoms with van der Waals surface area (Å²) in [6.45, 7) is 2.91. The molecule has 11 heteroatoms. The van der Waals surface area contributed by atoms with Gasteiger partial charge < -0.3 is 26.2 Å². The Morgan fingerprint density at radius 2 is 1.94 bits per heavy atom. The number of piperazine rings is 1. The zero-order valence-electron chi connectivity index (χ0n) is 18.5. The molecule has 3 amide bonds. The highest BCUT2D eigenvalue weighted by Crippen LogP contribution is 2.30. The minimum Gasteiger partial charge on any atom is -0.384 e. The third kappa shape index (κ3) is 5.06. The Morgan fingerprint density at radius 3 is 2.67 bits per heavy atom. The van der Waals surface area contributed by atoms with E-state index in [-0.39, 0.29) is 11.9 Å². The summed E-state index contributed by atoms with van der Waals surface area (Å²) in [5.74, 6) is 0.270. The maximum absolute atomic E-state index is 12.9. The van der Waals surface area contributed by atoms with Gasteiger partial charge in [-0.2, -0.15) is 0 Å². The summed E-state index contributed by atoms with van der Waals surface area (Å²) in [4.78, 5) is 35.7. The van der Waals surface area contributed by atoms with Crippen LogP contribution in [0, 0.1) is 0 Å². The third-order valence-corrected chi connectivity index (χ3v) is 6.78. The lowest BCUT2D eigenvalue weighted by Crippen LogP contribution is -2.57. The molecule has 1 atom stereocenters. The van der Waals surface area contributed by atoms with Gasteiger partial charge >= 0.3 is 6.03 Å². The van der Waals surface area contributed by atoms with E-state index in [2.05, 4.69) is 20.5 Å². The Morgan fingerprint density at radius 1 is 1.18 bits per heavy atom. The number of nitrogens with one attached hydrogen (secondary N) is 2. The molecule has 33 heavy (non-hydrogen) atoms. The second kappa shape index (κ2) is 9.96. The van der Waals surface area contributed by atoms with Crippen molar-refractivity contribution in [2.24, 2.45) is 0 Å². The second-order valence-electron chi connectivity index (χ2n) is 8.24. The van der Waals surface area contributed by atoms with Gasteiger partial charge in [0.25, 0.3) is 5.91 Å². The average Bonchev–Trinajstić information content (AvgIpc) is 2.99. The molecule has 2 aliphatic heterocycles. The smallest absolute Gasteiger partial charge is 0.318 e. The van der Waals surface area contributed by atoms with E-state index in [1.54, 1.807) is 22.9 Å². The number of amides is 3. The maximum atomic E-state index is 12.9. The summed E-state index contributed by atoms with van der Waals surface area (Å²) in [6.07, 6.45) is 2.32. The van der Waals surface area contributed by atoms with Crippen molar-refractivity contribution in [1.29, 1.82) is 0 Å². The fourth-order valence-corrected chi connectivity index (χ4v) is 4.71. The Labute approximate surface area is 203 Å². The van der Waals surface area contributed by atoms with Gasteiger partial charge in [0, 0.05) is 61.9 Å². The molecule has 2 saturated heterocycles. The summed E-state index contributed by atoms with van der Waals surface area (Å²) in [5.41, 5.74) is 7.74. The van der Waals surface area contributed by atoms with Crippen LogP contribution >= 0.6 is 23.8 Å². The van der Waals surface area contributed by atoms with Crippen LogP contribution in [0.4, 0.5) is 16.3 Å². The summed E-state index contributed by atoms with van der Waals surface area (Å²) in [7, 11) is 1.70. The van der Waals surface area contributed by atoms with E-state index < -0.39 is 6.04 Å². The molecule has 0 aliphatic carbocycles. The Bertz CT molecular complexity index is 1070. The average molecular weight is 490 g/mol. The molecule has 1 aromatic carbocycles. The van der Waals surface area contributed by atoms with Gasteiger partial charge in [-0.25, -0.2) is 9.78 Å². The Kier molecular flexibility index (Phi) is 7.04. The number of carbonyl (C=O) groups excluding carboxylic acids is 2. The number of benzene rings is 1. The summed E-state index contributed by atoms with van der Waals surface area (Å²) < 4.78 is 0. The number of hydrogen-bond acceptors (Lipinski definition) is 6. The van der Waals surface area contributed by atoms with Crippen LogP contribution in [0.25, 0.3) is 10.9 Å². The molecular formula is C22H28ClN7O2S. The van der Waals surface area contributed by atoms with Crippen LogP contribution in [0.5, 0.6) is 0 Å². The topological polar surface area (TPSA) is 107 Å². The molecule has 0 bridgehead atoms. The number of nitrogen functional groups attached to an aromatic ring is 1. The lowest BCUT2D eigenvalue weighted by atomic mass is 10.1. The molecule has 4 N–H and O–H groups in total. The number of nitrogens with zero attached hydrogens (tertiary/aromatic N) is 4. The van der Waals surface area contributed by atoms with Gasteiger partial charge in [-0.1, -0.05) is 11.6 Å². The molecule has 2 fully saturated rings. The first-order valence-corrected chi connectivity index (χ1v) is 11.9. The normalized spacial score (nSPS) is 19.4. The van der Waals surface area contributed by atoms with Crippen molar-refractivity contribution in [1.82, 2.24) is 25.4 Å². The van der Waals surface area contributed by atoms with Crippen LogP contribution in [0.3, 0.4) is 0 Å². The molecule has 4 rings (SSSR count). The molecule has 2 aliphatic rings. The van der Waals surface area contributed by atoms with Gasteiger partial charge in [0.15, 0.2) is 5.11 Å². The maximum Gasteiger partial charge on any atom is 0.318 e. The first-order valence-electron chi connectivity index (χ1n) is 11.1. The standard InChI is InChI=1S/C22H28ClN7O2S/c1-25-22(33)30-7-3-2-4-16(20(30)31)27-21(32)29-10-8-28(9-11-29)18-13-19(24)26-17-12-14(23)5-6-15(17)18/h5-6,12-13,16H,2-4,7-11H2,1H3,(H2,24,26)(H,25,33)(H,27,32)/t16-/m0/s1. The Balaban J connectivity index is 1.41. The van der Waals surface area contributed by atoms with E-state index >= 15 is 0 Å². The fourth-order valence-electron chi connectivity index (χ4n) is 4.37. The van der Waals surface area contributed by atoms with E-state index in [0.29, 0.717) is 55.1 Å². The van der Waals surface area contributed by atoms with Crippen molar-refractivity contribution in [2.75, 3.05) is 50.4 Å². The van der Waals surface area contributed by atoms with Crippen molar-refractivity contribution in [3.63, 3.8) is 0 Å². The highest BCUT2D eigenvalue weighted by molar-refractivity contribution is 7.80. The van der Waals surface area contributed by atoms with Crippen molar-refractivity contribution >= 4 is 63.3 Å². The van der Waals surface area contributed by atoms with E-state index in [0.717, 1.165) is 29.4 Å². The number of halogens is 1. The number of carbonyl (C=O) groups is 2. The number of fused-ring (bicyclic) bond motifs is 1. The molecule has 0 unspecified atom stereocenters. The van der Waals surface area contributed by atoms with Crippen molar-refractivity contribution in [3.8, 4) is 0 Å². The van der Waals surface area contributed by atoms with Crippen LogP contribution in [0.1, 0.15) is 19.3 Å². The van der Waals surface area contributed by atoms with Crippen molar-refractivity contribution in [3.05, 3.63) is 29.3 Å². The minimum atomic E-state index is -0.571. The first kappa shape index (κ1) is 23.3. The van der Waals surface area contributed by atoms with E-state index in [9.17, 15) is 9.59 Å². The number of pyridine rings is 1. The van der Waals surface area contributed by atoms with Gasteiger partial charge in [0.1, 0.15) is 11.9 Å². The van der Waals surface area contributed by atoms with Crippen LogP contribution in [-0.2, 0) is 4.79 Å². The summed E-state index contributed by atoms with van der Waals surface area (Å²) in [6, 6.07) is 6.64. The minimum absolute atomic E-state index is 0.156. The van der Waals surface area contributed by atoms with Gasteiger partial charge in [-0.3, -0.25) is 9.69 Å². The summed E-state index contributed by atoms with van der Waals surface area (Å²) >= 11 is 11.4. The van der Waals surface area contributed by atoms with Gasteiger partial charge in [0.05, 0.1) is 5.52 Å². The van der Waals surface area contributed by atoms with Crippen LogP contribution in [-0.4, -0.2) is 77.6 Å². The zero-order chi connectivity index (χ0) is 23.5. The largest absolute Gasteiger partial charge is 0.384 e. The molecule has 1 aromatic heterocycles. The monoisotopic (exact) mass is 489 g/mol. The Hall–Kier alpha value is -2.85. The number of thiocarbonyl (C=S) groups is 1. The van der Waals surface area contributed by atoms with Crippen LogP contribution in [0.15, 0.2) is 24.3 Å². The number of aromatic nitrogens is 1. The van der Waals surface area contributed by atoms with Crippen molar-refractivity contribution < 1.29 is 9.59 Å². The zero-order valence-corrected chi connectivity index (χ0v) is 20.1. The van der Waals surface area contributed by atoms with E-state index in [4.69, 9.17) is 29.6 Å². The number of urea groups is 1. The molecule has 3 heterocycles. The van der Waals surface area contributed by atoms with Gasteiger partial charge in [0.2, 0.25) is 0 Å². The van der Waals surface area contributed by atoms with E-state index in [1.807, 2.05) is 18.2 Å². The molecule has 0 spiro atoms. The molecule has 0 radical (unpaired) electrons. The predicted molar refractivity (Wildman–Crippen MR) is 134 cm³/mol. The number of likely N-dealkylation sites (tertiary alicyclic amines) is 1. The first-order chi connectivity index (χ1) is 15.9. The lowest BCUT2D eigenvalue weighted by Gasteiger charge is -2.37. The van der Waals surface area contributed by atoms with Crippen LogP contribution < -0.4 is 21.3 Å². The van der Waals surface area contributed by atoms with Crippen molar-refractivity contribution in [2.45, 2.75) is 25.3 Å². The molecule has 0 saturated carbocycles. The highest BCUT2D eigenvalue weighted by Gasteiger charge is 2.32. The second-order valence-corrected chi connectivity index (χ2v) is 9.07. The van der Waals surface area contributed by atoms with Gasteiger partial charge in [-0.15, -0.1) is 0 Å². The molecule has 176 valence electrons. The number of hydrogen-bond donors (Lipinski definition) is 3. The van der Waals surface area contributed by atoms with E-state index in [1.165, 1.54) is 0 Å². The molecule has 2 aromatic rings.